The second kappa shape index (κ2) is 12.3. The highest BCUT2D eigenvalue weighted by atomic mass is 16.8. The molecule has 212 valence electrons. The van der Waals surface area contributed by atoms with Crippen LogP contribution in [-0.4, -0.2) is 106 Å². The number of aliphatic hydroxyl groups excluding tert-OH is 5. The maximum atomic E-state index is 12.7. The first-order chi connectivity index (χ1) is 18.7. The molecule has 39 heavy (non-hydrogen) atoms. The van der Waals surface area contributed by atoms with Gasteiger partial charge in [0, 0.05) is 12.0 Å². The van der Waals surface area contributed by atoms with Crippen LogP contribution in [0.15, 0.2) is 53.8 Å². The van der Waals surface area contributed by atoms with Gasteiger partial charge in [-0.1, -0.05) is 12.1 Å². The molecule has 1 fully saturated rings. The Hall–Kier alpha value is -3.30. The number of carbonyl (C=O) groups excluding carboxylic acids is 2. The van der Waals surface area contributed by atoms with Gasteiger partial charge in [0.25, 0.3) is 0 Å². The maximum absolute atomic E-state index is 12.7. The van der Waals surface area contributed by atoms with Crippen molar-refractivity contribution in [2.75, 3.05) is 20.3 Å². The second-order valence-electron chi connectivity index (χ2n) is 9.18. The van der Waals surface area contributed by atoms with E-state index >= 15 is 0 Å². The summed E-state index contributed by atoms with van der Waals surface area (Å²) in [5.74, 6) is -3.31. The summed E-state index contributed by atoms with van der Waals surface area (Å²) in [7, 11) is 1.16. The summed E-state index contributed by atoms with van der Waals surface area (Å²) in [6, 6.07) is 6.08. The topological polar surface area (TPSA) is 202 Å². The van der Waals surface area contributed by atoms with E-state index in [-0.39, 0.29) is 11.3 Å². The van der Waals surface area contributed by atoms with Gasteiger partial charge in [-0.25, -0.2) is 9.59 Å². The van der Waals surface area contributed by atoms with Crippen LogP contribution >= 0.6 is 0 Å². The highest BCUT2D eigenvalue weighted by molar-refractivity contribution is 5.90. The van der Waals surface area contributed by atoms with E-state index in [1.807, 2.05) is 0 Å². The minimum absolute atomic E-state index is 0.00355. The summed E-state index contributed by atoms with van der Waals surface area (Å²) in [6.07, 6.45) is -5.04. The van der Waals surface area contributed by atoms with Gasteiger partial charge in [-0.3, -0.25) is 0 Å². The number of esters is 2. The molecule has 4 rings (SSSR count). The lowest BCUT2D eigenvalue weighted by Crippen LogP contribution is -2.60. The van der Waals surface area contributed by atoms with Crippen LogP contribution in [0, 0.1) is 11.8 Å². The van der Waals surface area contributed by atoms with E-state index in [4.69, 9.17) is 23.7 Å². The highest BCUT2D eigenvalue weighted by Crippen LogP contribution is 2.45. The summed E-state index contributed by atoms with van der Waals surface area (Å²) in [5.41, 5.74) is 0.912. The van der Waals surface area contributed by atoms with Crippen molar-refractivity contribution in [1.82, 2.24) is 0 Å². The zero-order valence-electron chi connectivity index (χ0n) is 20.8. The average molecular weight is 551 g/mol. The molecule has 0 amide bonds. The predicted octanol–water partition coefficient (Wildman–Crippen LogP) is -1.29. The number of fused-ring (bicyclic) bond motifs is 1. The number of benzene rings is 1. The minimum Gasteiger partial charge on any atom is -0.508 e. The zero-order valence-corrected chi connectivity index (χ0v) is 20.8. The Morgan fingerprint density at radius 2 is 1.72 bits per heavy atom. The van der Waals surface area contributed by atoms with Crippen LogP contribution in [-0.2, 0) is 33.3 Å². The van der Waals surface area contributed by atoms with Gasteiger partial charge in [-0.15, -0.1) is 0 Å². The lowest BCUT2D eigenvalue weighted by atomic mass is 9.82. The van der Waals surface area contributed by atoms with Crippen LogP contribution in [0.4, 0.5) is 0 Å². The first-order valence-corrected chi connectivity index (χ1v) is 12.1. The number of methoxy groups -OCH3 is 1. The van der Waals surface area contributed by atoms with Gasteiger partial charge in [-0.05, 0) is 35.4 Å². The molecule has 1 aromatic carbocycles. The Kier molecular flexibility index (Phi) is 9.02. The Labute approximate surface area is 222 Å². The molecule has 0 saturated carbocycles. The fourth-order valence-corrected chi connectivity index (χ4v) is 4.80. The molecule has 13 heteroatoms. The Morgan fingerprint density at radius 1 is 1.00 bits per heavy atom. The molecule has 2 aliphatic heterocycles. The standard InChI is InChI=1S/C26H30O13/c1-35-24(34)15-11-36-25(39-26-23(33)22(32)21(31)17(10-28)38-26)19-13(9-27)8-16(20(15)19)37-18(30)7-4-12-2-5-14(29)6-3-12/h2-8,11,16-17,19-23,25-29,31-33H,9-10H2,1H3/t16-,17-,19+,20-,21+,22-,23-,25+,26-/m0/s1. The van der Waals surface area contributed by atoms with Crippen molar-refractivity contribution in [2.24, 2.45) is 11.8 Å². The Bertz CT molecular complexity index is 1130. The van der Waals surface area contributed by atoms with Crippen molar-refractivity contribution in [3.63, 3.8) is 0 Å². The third-order valence-corrected chi connectivity index (χ3v) is 6.81. The summed E-state index contributed by atoms with van der Waals surface area (Å²) < 4.78 is 27.2. The molecule has 3 aliphatic rings. The molecule has 9 atom stereocenters. The molecule has 0 aromatic heterocycles. The fraction of sp³-hybridized carbons (Fsp3) is 0.462. The van der Waals surface area contributed by atoms with Crippen LogP contribution in [0.25, 0.3) is 6.08 Å². The van der Waals surface area contributed by atoms with Crippen LogP contribution in [0.3, 0.4) is 0 Å². The predicted molar refractivity (Wildman–Crippen MR) is 129 cm³/mol. The average Bonchev–Trinajstić information content (AvgIpc) is 3.31. The molecular formula is C26H30O13. The van der Waals surface area contributed by atoms with Crippen molar-refractivity contribution in [3.05, 3.63) is 59.4 Å². The van der Waals surface area contributed by atoms with Crippen LogP contribution in [0.2, 0.25) is 0 Å². The van der Waals surface area contributed by atoms with Gasteiger partial charge in [-0.2, -0.15) is 0 Å². The number of phenols is 1. The lowest BCUT2D eigenvalue weighted by Gasteiger charge is -2.43. The highest BCUT2D eigenvalue weighted by Gasteiger charge is 2.53. The molecular weight excluding hydrogens is 520 g/mol. The van der Waals surface area contributed by atoms with Gasteiger partial charge in [0.2, 0.25) is 6.29 Å². The minimum atomic E-state index is -1.72. The number of phenolic OH excluding ortho intramolecular Hbond substituents is 1. The van der Waals surface area contributed by atoms with Crippen LogP contribution < -0.4 is 0 Å². The Balaban J connectivity index is 1.56. The van der Waals surface area contributed by atoms with Crippen molar-refractivity contribution in [2.45, 2.75) is 43.1 Å². The maximum Gasteiger partial charge on any atom is 0.337 e. The van der Waals surface area contributed by atoms with Crippen LogP contribution in [0.5, 0.6) is 5.75 Å². The molecule has 6 N–H and O–H groups in total. The third-order valence-electron chi connectivity index (χ3n) is 6.81. The van der Waals surface area contributed by atoms with E-state index in [0.29, 0.717) is 11.1 Å². The fourth-order valence-electron chi connectivity index (χ4n) is 4.80. The molecule has 0 radical (unpaired) electrons. The molecule has 0 unspecified atom stereocenters. The van der Waals surface area contributed by atoms with E-state index < -0.39 is 80.1 Å². The lowest BCUT2D eigenvalue weighted by molar-refractivity contribution is -0.340. The van der Waals surface area contributed by atoms with E-state index in [9.17, 15) is 40.2 Å². The molecule has 0 bridgehead atoms. The smallest absolute Gasteiger partial charge is 0.337 e. The van der Waals surface area contributed by atoms with Gasteiger partial charge in [0.05, 0.1) is 38.1 Å². The molecule has 1 saturated heterocycles. The third kappa shape index (κ3) is 5.99. The molecule has 2 heterocycles. The summed E-state index contributed by atoms with van der Waals surface area (Å²) in [4.78, 5) is 25.2. The SMILES string of the molecule is COC(=O)C1=CO[C@H](O[C@@H]2O[C@@H](CO)[C@@H](O)[C@H](O)[C@@H]2O)[C@@H]2C(CO)=C[C@H](OC(=O)C=Cc3ccc(O)cc3)[C@H]12. The number of hydrogen-bond donors (Lipinski definition) is 6. The number of ether oxygens (including phenoxy) is 5. The van der Waals surface area contributed by atoms with Crippen molar-refractivity contribution >= 4 is 18.0 Å². The van der Waals surface area contributed by atoms with Crippen LogP contribution in [0.1, 0.15) is 5.56 Å². The first-order valence-electron chi connectivity index (χ1n) is 12.1. The van der Waals surface area contributed by atoms with Gasteiger partial charge < -0.3 is 54.3 Å². The molecule has 1 aliphatic carbocycles. The quantitative estimate of drug-likeness (QED) is 0.127. The first kappa shape index (κ1) is 28.7. The number of hydrogen-bond acceptors (Lipinski definition) is 13. The van der Waals surface area contributed by atoms with Crippen molar-refractivity contribution < 1.29 is 63.9 Å². The van der Waals surface area contributed by atoms with Gasteiger partial charge in [0.1, 0.15) is 36.3 Å². The summed E-state index contributed by atoms with van der Waals surface area (Å²) in [5, 5.41) is 59.5. The van der Waals surface area contributed by atoms with E-state index in [2.05, 4.69) is 0 Å². The van der Waals surface area contributed by atoms with Gasteiger partial charge >= 0.3 is 11.9 Å². The van der Waals surface area contributed by atoms with Crippen molar-refractivity contribution in [1.29, 1.82) is 0 Å². The normalized spacial score (nSPS) is 34.1. The monoisotopic (exact) mass is 550 g/mol. The van der Waals surface area contributed by atoms with E-state index in [1.165, 1.54) is 24.3 Å². The summed E-state index contributed by atoms with van der Waals surface area (Å²) in [6.45, 7) is -1.20. The second-order valence-corrected chi connectivity index (χ2v) is 9.18. The number of carbonyl (C=O) groups is 2. The Morgan fingerprint density at radius 3 is 2.36 bits per heavy atom. The van der Waals surface area contributed by atoms with Gasteiger partial charge in [0.15, 0.2) is 6.29 Å². The molecule has 13 nitrogen and oxygen atoms in total. The largest absolute Gasteiger partial charge is 0.508 e. The summed E-state index contributed by atoms with van der Waals surface area (Å²) >= 11 is 0. The van der Waals surface area contributed by atoms with E-state index in [1.54, 1.807) is 12.1 Å². The number of aliphatic hydroxyl groups is 5. The van der Waals surface area contributed by atoms with Crippen molar-refractivity contribution in [3.8, 4) is 5.75 Å². The number of rotatable bonds is 8. The molecule has 0 spiro atoms. The van der Waals surface area contributed by atoms with E-state index in [0.717, 1.165) is 19.4 Å². The molecule has 1 aromatic rings. The zero-order chi connectivity index (χ0) is 28.3. The number of aromatic hydroxyl groups is 1.